The summed E-state index contributed by atoms with van der Waals surface area (Å²) < 4.78 is 0. The van der Waals surface area contributed by atoms with E-state index in [0.717, 1.165) is 17.9 Å². The highest BCUT2D eigenvalue weighted by Gasteiger charge is 2.41. The van der Waals surface area contributed by atoms with Gasteiger partial charge in [-0.25, -0.2) is 0 Å². The van der Waals surface area contributed by atoms with Gasteiger partial charge in [0, 0.05) is 25.5 Å². The van der Waals surface area contributed by atoms with E-state index in [9.17, 15) is 4.79 Å². The lowest BCUT2D eigenvalue weighted by atomic mass is 10.0. The molecule has 0 saturated heterocycles. The minimum absolute atomic E-state index is 0.0285. The maximum Gasteiger partial charge on any atom is 0.254 e. The Hall–Kier alpha value is -1.58. The Labute approximate surface area is 115 Å². The Bertz CT molecular complexity index is 466. The van der Waals surface area contributed by atoms with Crippen LogP contribution < -0.4 is 10.6 Å². The number of anilines is 1. The van der Waals surface area contributed by atoms with E-state index in [2.05, 4.69) is 22.5 Å². The second-order valence-corrected chi connectivity index (χ2v) is 5.55. The molecular weight excluding hydrogens is 238 g/mol. The molecule has 104 valence electrons. The summed E-state index contributed by atoms with van der Waals surface area (Å²) in [6.07, 6.45) is 6.52. The molecule has 1 aliphatic carbocycles. The van der Waals surface area contributed by atoms with Crippen LogP contribution in [0.4, 0.5) is 5.69 Å². The Morgan fingerprint density at radius 3 is 2.79 bits per heavy atom. The van der Waals surface area contributed by atoms with Crippen LogP contribution in [-0.4, -0.2) is 24.5 Å². The molecule has 1 saturated carbocycles. The van der Waals surface area contributed by atoms with Crippen molar-refractivity contribution in [3.63, 3.8) is 0 Å². The molecule has 2 N–H and O–H groups in total. The number of aromatic nitrogens is 1. The van der Waals surface area contributed by atoms with Crippen LogP contribution in [0.5, 0.6) is 0 Å². The summed E-state index contributed by atoms with van der Waals surface area (Å²) in [6.45, 7) is 4.91. The van der Waals surface area contributed by atoms with Crippen molar-refractivity contribution in [1.29, 1.82) is 0 Å². The molecule has 0 radical (unpaired) electrons. The number of hydrogen-bond donors (Lipinski definition) is 2. The first-order valence-corrected chi connectivity index (χ1v) is 7.03. The smallest absolute Gasteiger partial charge is 0.254 e. The number of rotatable bonds is 6. The second-order valence-electron chi connectivity index (χ2n) is 5.55. The summed E-state index contributed by atoms with van der Waals surface area (Å²) in [4.78, 5) is 16.4. The lowest BCUT2D eigenvalue weighted by molar-refractivity contribution is 0.0944. The molecule has 1 amide bonds. The minimum Gasteiger partial charge on any atom is -0.387 e. The molecule has 1 aromatic heterocycles. The SMILES string of the molecule is CCCC1(CNC(=O)c2cnc(C)cc2NC)CC1. The normalized spacial score (nSPS) is 15.9. The number of hydrogen-bond acceptors (Lipinski definition) is 3. The number of pyridine rings is 1. The zero-order chi connectivity index (χ0) is 13.9. The highest BCUT2D eigenvalue weighted by molar-refractivity contribution is 5.99. The van der Waals surface area contributed by atoms with Crippen LogP contribution in [0.2, 0.25) is 0 Å². The topological polar surface area (TPSA) is 54.0 Å². The second kappa shape index (κ2) is 5.59. The Morgan fingerprint density at radius 1 is 1.47 bits per heavy atom. The summed E-state index contributed by atoms with van der Waals surface area (Å²) >= 11 is 0. The highest BCUT2D eigenvalue weighted by Crippen LogP contribution is 2.48. The summed E-state index contributed by atoms with van der Waals surface area (Å²) in [5.41, 5.74) is 2.75. The predicted molar refractivity (Wildman–Crippen MR) is 77.4 cm³/mol. The molecule has 4 heteroatoms. The lowest BCUT2D eigenvalue weighted by Crippen LogP contribution is -2.30. The molecule has 1 heterocycles. The van der Waals surface area contributed by atoms with Gasteiger partial charge in [0.1, 0.15) is 0 Å². The molecule has 1 aliphatic rings. The van der Waals surface area contributed by atoms with E-state index in [1.165, 1.54) is 25.7 Å². The fraction of sp³-hybridized carbons (Fsp3) is 0.600. The monoisotopic (exact) mass is 261 g/mol. The van der Waals surface area contributed by atoms with Crippen molar-refractivity contribution in [2.75, 3.05) is 18.9 Å². The first-order chi connectivity index (χ1) is 9.10. The van der Waals surface area contributed by atoms with Gasteiger partial charge in [0.2, 0.25) is 0 Å². The van der Waals surface area contributed by atoms with Crippen molar-refractivity contribution in [1.82, 2.24) is 10.3 Å². The van der Waals surface area contributed by atoms with Gasteiger partial charge in [-0.15, -0.1) is 0 Å². The fourth-order valence-electron chi connectivity index (χ4n) is 2.53. The number of nitrogens with one attached hydrogen (secondary N) is 2. The van der Waals surface area contributed by atoms with E-state index < -0.39 is 0 Å². The Morgan fingerprint density at radius 2 is 2.21 bits per heavy atom. The Kier molecular flexibility index (Phi) is 4.08. The van der Waals surface area contributed by atoms with Gasteiger partial charge in [-0.1, -0.05) is 13.3 Å². The van der Waals surface area contributed by atoms with Crippen LogP contribution in [0.15, 0.2) is 12.3 Å². The van der Waals surface area contributed by atoms with Gasteiger partial charge in [0.25, 0.3) is 5.91 Å². The van der Waals surface area contributed by atoms with Gasteiger partial charge in [-0.2, -0.15) is 0 Å². The van der Waals surface area contributed by atoms with Gasteiger partial charge in [0.15, 0.2) is 0 Å². The average molecular weight is 261 g/mol. The van der Waals surface area contributed by atoms with Gasteiger partial charge < -0.3 is 10.6 Å². The van der Waals surface area contributed by atoms with E-state index in [4.69, 9.17) is 0 Å². The van der Waals surface area contributed by atoms with Gasteiger partial charge >= 0.3 is 0 Å². The largest absolute Gasteiger partial charge is 0.387 e. The summed E-state index contributed by atoms with van der Waals surface area (Å²) in [5.74, 6) is -0.0285. The van der Waals surface area contributed by atoms with Crippen molar-refractivity contribution in [2.24, 2.45) is 5.41 Å². The van der Waals surface area contributed by atoms with Gasteiger partial charge in [-0.3, -0.25) is 9.78 Å². The molecule has 0 bridgehead atoms. The van der Waals surface area contributed by atoms with Crippen LogP contribution in [0.25, 0.3) is 0 Å². The van der Waals surface area contributed by atoms with Crippen LogP contribution in [0, 0.1) is 12.3 Å². The van der Waals surface area contributed by atoms with E-state index in [-0.39, 0.29) is 5.91 Å². The first kappa shape index (κ1) is 13.8. The first-order valence-electron chi connectivity index (χ1n) is 7.03. The van der Waals surface area contributed by atoms with Crippen LogP contribution >= 0.6 is 0 Å². The van der Waals surface area contributed by atoms with Gasteiger partial charge in [0.05, 0.1) is 11.3 Å². The third-order valence-corrected chi connectivity index (χ3v) is 3.92. The van der Waals surface area contributed by atoms with E-state index in [0.29, 0.717) is 11.0 Å². The van der Waals surface area contributed by atoms with E-state index in [1.54, 1.807) is 6.20 Å². The van der Waals surface area contributed by atoms with Crippen molar-refractivity contribution in [2.45, 2.75) is 39.5 Å². The van der Waals surface area contributed by atoms with Crippen LogP contribution in [0.3, 0.4) is 0 Å². The molecule has 2 rings (SSSR count). The van der Waals surface area contributed by atoms with Crippen LogP contribution in [-0.2, 0) is 0 Å². The molecule has 0 atom stereocenters. The number of carbonyl (C=O) groups excluding carboxylic acids is 1. The number of amides is 1. The van der Waals surface area contributed by atoms with Crippen molar-refractivity contribution < 1.29 is 4.79 Å². The number of aryl methyl sites for hydroxylation is 1. The zero-order valence-electron chi connectivity index (χ0n) is 12.0. The van der Waals surface area contributed by atoms with Gasteiger partial charge in [-0.05, 0) is 37.7 Å². The lowest BCUT2D eigenvalue weighted by Gasteiger charge is -2.16. The highest BCUT2D eigenvalue weighted by atomic mass is 16.1. The Balaban J connectivity index is 2.00. The summed E-state index contributed by atoms with van der Waals surface area (Å²) in [5, 5.41) is 6.12. The zero-order valence-corrected chi connectivity index (χ0v) is 12.0. The molecule has 1 aromatic rings. The minimum atomic E-state index is -0.0285. The van der Waals surface area contributed by atoms with Crippen molar-refractivity contribution >= 4 is 11.6 Å². The number of nitrogens with zero attached hydrogens (tertiary/aromatic N) is 1. The molecule has 0 aromatic carbocycles. The third-order valence-electron chi connectivity index (χ3n) is 3.92. The maximum absolute atomic E-state index is 12.2. The summed E-state index contributed by atoms with van der Waals surface area (Å²) in [7, 11) is 1.82. The molecule has 0 spiro atoms. The molecule has 1 fully saturated rings. The quantitative estimate of drug-likeness (QED) is 0.828. The summed E-state index contributed by atoms with van der Waals surface area (Å²) in [6, 6.07) is 1.90. The maximum atomic E-state index is 12.2. The fourth-order valence-corrected chi connectivity index (χ4v) is 2.53. The standard InChI is InChI=1S/C15H23N3O/c1-4-5-15(6-7-15)10-18-14(19)12-9-17-11(2)8-13(12)16-3/h8-9H,4-7,10H2,1-3H3,(H,16,17)(H,18,19). The van der Waals surface area contributed by atoms with Crippen LogP contribution in [0.1, 0.15) is 48.7 Å². The molecule has 19 heavy (non-hydrogen) atoms. The third kappa shape index (κ3) is 3.25. The van der Waals surface area contributed by atoms with Crippen molar-refractivity contribution in [3.05, 3.63) is 23.5 Å². The number of carbonyl (C=O) groups is 1. The molecular formula is C15H23N3O. The molecule has 4 nitrogen and oxygen atoms in total. The van der Waals surface area contributed by atoms with E-state index >= 15 is 0 Å². The average Bonchev–Trinajstić information content (AvgIpc) is 3.16. The predicted octanol–water partition coefficient (Wildman–Crippen LogP) is 2.74. The van der Waals surface area contributed by atoms with Crippen molar-refractivity contribution in [3.8, 4) is 0 Å². The van der Waals surface area contributed by atoms with E-state index in [1.807, 2.05) is 20.0 Å². The molecule has 0 unspecified atom stereocenters. The molecule has 0 aliphatic heterocycles.